The number of aliphatic hydroxyl groups is 1. The number of benzene rings is 1. The molecule has 0 spiro atoms. The minimum atomic E-state index is -0.100. The summed E-state index contributed by atoms with van der Waals surface area (Å²) in [6, 6.07) is 7.94. The van der Waals surface area contributed by atoms with Crippen molar-refractivity contribution in [3.63, 3.8) is 0 Å². The van der Waals surface area contributed by atoms with E-state index in [0.29, 0.717) is 0 Å². The topological polar surface area (TPSA) is 46.2 Å². The van der Waals surface area contributed by atoms with Crippen LogP contribution in [0.15, 0.2) is 24.3 Å². The SMILES string of the molecule is NC1(c2cccc(C#CCO)c2)CC1. The molecular weight excluding hydrogens is 174 g/mol. The van der Waals surface area contributed by atoms with E-state index in [9.17, 15) is 0 Å². The van der Waals surface area contributed by atoms with Crippen molar-refractivity contribution in [2.45, 2.75) is 18.4 Å². The van der Waals surface area contributed by atoms with Crippen LogP contribution in [-0.2, 0) is 5.54 Å². The third-order valence-corrected chi connectivity index (χ3v) is 2.54. The van der Waals surface area contributed by atoms with Gasteiger partial charge in [0.05, 0.1) is 0 Å². The second-order valence-corrected chi connectivity index (χ2v) is 3.70. The summed E-state index contributed by atoms with van der Waals surface area (Å²) in [4.78, 5) is 0. The molecule has 1 aromatic carbocycles. The number of hydrogen-bond donors (Lipinski definition) is 2. The van der Waals surface area contributed by atoms with E-state index >= 15 is 0 Å². The van der Waals surface area contributed by atoms with Crippen molar-refractivity contribution >= 4 is 0 Å². The van der Waals surface area contributed by atoms with Crippen molar-refractivity contribution in [3.05, 3.63) is 35.4 Å². The van der Waals surface area contributed by atoms with Crippen molar-refractivity contribution in [2.75, 3.05) is 6.61 Å². The number of nitrogens with two attached hydrogens (primary N) is 1. The molecule has 14 heavy (non-hydrogen) atoms. The Morgan fingerprint density at radius 2 is 2.21 bits per heavy atom. The summed E-state index contributed by atoms with van der Waals surface area (Å²) in [6.07, 6.45) is 2.12. The highest BCUT2D eigenvalue weighted by molar-refractivity contribution is 5.41. The molecule has 0 aliphatic heterocycles. The van der Waals surface area contributed by atoms with E-state index in [-0.39, 0.29) is 12.1 Å². The van der Waals surface area contributed by atoms with Gasteiger partial charge in [-0.3, -0.25) is 0 Å². The quantitative estimate of drug-likeness (QED) is 0.644. The predicted molar refractivity (Wildman–Crippen MR) is 55.5 cm³/mol. The Hall–Kier alpha value is -1.30. The Morgan fingerprint density at radius 3 is 2.86 bits per heavy atom. The van der Waals surface area contributed by atoms with Gasteiger partial charge in [-0.2, -0.15) is 0 Å². The summed E-state index contributed by atoms with van der Waals surface area (Å²) in [7, 11) is 0. The van der Waals surface area contributed by atoms with Crippen molar-refractivity contribution in [1.29, 1.82) is 0 Å². The fourth-order valence-electron chi connectivity index (χ4n) is 1.47. The van der Waals surface area contributed by atoms with Gasteiger partial charge >= 0.3 is 0 Å². The van der Waals surface area contributed by atoms with E-state index in [1.165, 1.54) is 0 Å². The van der Waals surface area contributed by atoms with Crippen LogP contribution in [0.5, 0.6) is 0 Å². The first-order valence-electron chi connectivity index (χ1n) is 4.74. The molecule has 1 fully saturated rings. The zero-order chi connectivity index (χ0) is 10.0. The van der Waals surface area contributed by atoms with Gasteiger partial charge in [-0.1, -0.05) is 24.0 Å². The Bertz CT molecular complexity index is 396. The van der Waals surface area contributed by atoms with E-state index in [2.05, 4.69) is 11.8 Å². The van der Waals surface area contributed by atoms with Gasteiger partial charge in [0.25, 0.3) is 0 Å². The highest BCUT2D eigenvalue weighted by Crippen LogP contribution is 2.42. The molecule has 1 aliphatic rings. The highest BCUT2D eigenvalue weighted by atomic mass is 16.2. The molecule has 0 heterocycles. The molecule has 72 valence electrons. The molecule has 0 radical (unpaired) electrons. The van der Waals surface area contributed by atoms with Crippen molar-refractivity contribution in [3.8, 4) is 11.8 Å². The summed E-state index contributed by atoms with van der Waals surface area (Å²) in [5, 5.41) is 8.57. The molecule has 1 aliphatic carbocycles. The third kappa shape index (κ3) is 1.79. The normalized spacial score (nSPS) is 17.0. The van der Waals surface area contributed by atoms with Gasteiger partial charge in [0.15, 0.2) is 0 Å². The molecule has 0 aromatic heterocycles. The number of aliphatic hydroxyl groups excluding tert-OH is 1. The second-order valence-electron chi connectivity index (χ2n) is 3.70. The lowest BCUT2D eigenvalue weighted by Gasteiger charge is -2.08. The molecule has 1 saturated carbocycles. The average molecular weight is 187 g/mol. The summed E-state index contributed by atoms with van der Waals surface area (Å²) in [6.45, 7) is -0.0992. The largest absolute Gasteiger partial charge is 0.384 e. The smallest absolute Gasteiger partial charge is 0.104 e. The lowest BCUT2D eigenvalue weighted by Crippen LogP contribution is -2.18. The molecule has 0 amide bonds. The first kappa shape index (κ1) is 9.26. The van der Waals surface area contributed by atoms with Crippen LogP contribution in [-0.4, -0.2) is 11.7 Å². The molecule has 2 heteroatoms. The summed E-state index contributed by atoms with van der Waals surface area (Å²) < 4.78 is 0. The molecular formula is C12H13NO. The Balaban J connectivity index is 2.27. The van der Waals surface area contributed by atoms with Crippen molar-refractivity contribution in [1.82, 2.24) is 0 Å². The van der Waals surface area contributed by atoms with Gasteiger partial charge in [0.2, 0.25) is 0 Å². The van der Waals surface area contributed by atoms with E-state index in [4.69, 9.17) is 10.8 Å². The van der Waals surface area contributed by atoms with Gasteiger partial charge < -0.3 is 10.8 Å². The van der Waals surface area contributed by atoms with E-state index in [1.54, 1.807) is 0 Å². The van der Waals surface area contributed by atoms with Crippen LogP contribution in [0.2, 0.25) is 0 Å². The Morgan fingerprint density at radius 1 is 1.43 bits per heavy atom. The molecule has 1 aromatic rings. The van der Waals surface area contributed by atoms with Crippen molar-refractivity contribution in [2.24, 2.45) is 5.73 Å². The number of rotatable bonds is 1. The van der Waals surface area contributed by atoms with Gasteiger partial charge in [0.1, 0.15) is 6.61 Å². The van der Waals surface area contributed by atoms with Gasteiger partial charge in [-0.15, -0.1) is 0 Å². The minimum absolute atomic E-state index is 0.0992. The van der Waals surface area contributed by atoms with Crippen molar-refractivity contribution < 1.29 is 5.11 Å². The lowest BCUT2D eigenvalue weighted by molar-refractivity contribution is 0.350. The predicted octanol–water partition coefficient (Wildman–Crippen LogP) is 0.978. The second kappa shape index (κ2) is 3.45. The van der Waals surface area contributed by atoms with Crippen LogP contribution >= 0.6 is 0 Å². The fraction of sp³-hybridized carbons (Fsp3) is 0.333. The number of hydrogen-bond acceptors (Lipinski definition) is 2. The van der Waals surface area contributed by atoms with Crippen LogP contribution in [0, 0.1) is 11.8 Å². The fourth-order valence-corrected chi connectivity index (χ4v) is 1.47. The van der Waals surface area contributed by atoms with Crippen LogP contribution < -0.4 is 5.73 Å². The first-order valence-corrected chi connectivity index (χ1v) is 4.74. The average Bonchev–Trinajstić information content (AvgIpc) is 2.95. The molecule has 0 saturated heterocycles. The van der Waals surface area contributed by atoms with Gasteiger partial charge in [0, 0.05) is 11.1 Å². The zero-order valence-corrected chi connectivity index (χ0v) is 7.96. The van der Waals surface area contributed by atoms with Gasteiger partial charge in [-0.25, -0.2) is 0 Å². The Labute approximate surface area is 83.7 Å². The third-order valence-electron chi connectivity index (χ3n) is 2.54. The molecule has 2 rings (SSSR count). The highest BCUT2D eigenvalue weighted by Gasteiger charge is 2.39. The van der Waals surface area contributed by atoms with Crippen LogP contribution in [0.4, 0.5) is 0 Å². The van der Waals surface area contributed by atoms with E-state index < -0.39 is 0 Å². The lowest BCUT2D eigenvalue weighted by atomic mass is 10.0. The zero-order valence-electron chi connectivity index (χ0n) is 7.96. The van der Waals surface area contributed by atoms with Gasteiger partial charge in [-0.05, 0) is 30.5 Å². The van der Waals surface area contributed by atoms with Crippen LogP contribution in [0.25, 0.3) is 0 Å². The maximum atomic E-state index is 8.57. The van der Waals surface area contributed by atoms with E-state index in [0.717, 1.165) is 24.0 Å². The first-order chi connectivity index (χ1) is 6.74. The standard InChI is InChI=1S/C12H13NO/c13-12(6-7-12)11-5-1-3-10(9-11)4-2-8-14/h1,3,5,9,14H,6-8,13H2. The molecule has 3 N–H and O–H groups in total. The maximum absolute atomic E-state index is 8.57. The molecule has 0 bridgehead atoms. The van der Waals surface area contributed by atoms with E-state index in [1.807, 2.05) is 24.3 Å². The summed E-state index contributed by atoms with van der Waals surface area (Å²) in [5.41, 5.74) is 8.05. The maximum Gasteiger partial charge on any atom is 0.104 e. The van der Waals surface area contributed by atoms with Crippen LogP contribution in [0.1, 0.15) is 24.0 Å². The molecule has 0 unspecified atom stereocenters. The van der Waals surface area contributed by atoms with Crippen LogP contribution in [0.3, 0.4) is 0 Å². The molecule has 0 atom stereocenters. The minimum Gasteiger partial charge on any atom is -0.384 e. The Kier molecular flexibility index (Phi) is 2.28. The summed E-state index contributed by atoms with van der Waals surface area (Å²) >= 11 is 0. The monoisotopic (exact) mass is 187 g/mol. The molecule has 2 nitrogen and oxygen atoms in total. The summed E-state index contributed by atoms with van der Waals surface area (Å²) in [5.74, 6) is 5.51.